The topological polar surface area (TPSA) is 41.1 Å². The number of amides is 1. The Balaban J connectivity index is 1.94. The van der Waals surface area contributed by atoms with Crippen molar-refractivity contribution in [3.63, 3.8) is 0 Å². The van der Waals surface area contributed by atoms with E-state index in [0.29, 0.717) is 17.9 Å². The highest BCUT2D eigenvalue weighted by atomic mass is 16.2. The molecule has 0 aromatic heterocycles. The first-order valence-corrected chi connectivity index (χ1v) is 8.19. The molecule has 0 spiro atoms. The zero-order valence-electron chi connectivity index (χ0n) is 12.6. The number of carbonyl (C=O) groups excluding carboxylic acids is 1. The molecule has 1 amide bonds. The number of hydrogen-bond donors (Lipinski definition) is 2. The van der Waals surface area contributed by atoms with Crippen molar-refractivity contribution in [3.8, 4) is 0 Å². The lowest BCUT2D eigenvalue weighted by atomic mass is 9.74. The number of rotatable bonds is 5. The van der Waals surface area contributed by atoms with E-state index in [1.807, 2.05) is 0 Å². The standard InChI is InChI=1S/C16H30N2O/c1-3-8-16(9-11-17-12-10-16)15(19)18-13(2)14-6-4-5-7-14/h13-14,17H,3-12H2,1-2H3,(H,18,19)/t13-/m1/s1. The van der Waals surface area contributed by atoms with Gasteiger partial charge in [0.1, 0.15) is 0 Å². The van der Waals surface area contributed by atoms with Crippen LogP contribution >= 0.6 is 0 Å². The van der Waals surface area contributed by atoms with E-state index in [0.717, 1.165) is 38.8 Å². The Hall–Kier alpha value is -0.570. The van der Waals surface area contributed by atoms with Crippen LogP contribution < -0.4 is 10.6 Å². The van der Waals surface area contributed by atoms with Gasteiger partial charge in [-0.2, -0.15) is 0 Å². The highest BCUT2D eigenvalue weighted by molar-refractivity contribution is 5.83. The third kappa shape index (κ3) is 3.50. The molecule has 0 aromatic rings. The number of nitrogens with one attached hydrogen (secondary N) is 2. The van der Waals surface area contributed by atoms with Crippen molar-refractivity contribution in [3.05, 3.63) is 0 Å². The number of hydrogen-bond acceptors (Lipinski definition) is 2. The summed E-state index contributed by atoms with van der Waals surface area (Å²) in [6.45, 7) is 6.38. The van der Waals surface area contributed by atoms with Crippen molar-refractivity contribution in [1.82, 2.24) is 10.6 Å². The van der Waals surface area contributed by atoms with Crippen molar-refractivity contribution in [2.45, 2.75) is 71.3 Å². The number of carbonyl (C=O) groups is 1. The molecule has 0 aromatic carbocycles. The van der Waals surface area contributed by atoms with Gasteiger partial charge in [-0.1, -0.05) is 26.2 Å². The van der Waals surface area contributed by atoms with Crippen LogP contribution in [0, 0.1) is 11.3 Å². The van der Waals surface area contributed by atoms with E-state index in [-0.39, 0.29) is 5.41 Å². The van der Waals surface area contributed by atoms with E-state index in [1.54, 1.807) is 0 Å². The summed E-state index contributed by atoms with van der Waals surface area (Å²) >= 11 is 0. The first kappa shape index (κ1) is 14.8. The minimum absolute atomic E-state index is 0.0904. The third-order valence-corrected chi connectivity index (χ3v) is 5.24. The van der Waals surface area contributed by atoms with E-state index in [9.17, 15) is 4.79 Å². The van der Waals surface area contributed by atoms with Crippen LogP contribution in [0.15, 0.2) is 0 Å². The summed E-state index contributed by atoms with van der Waals surface area (Å²) in [5, 5.41) is 6.73. The summed E-state index contributed by atoms with van der Waals surface area (Å²) in [6, 6.07) is 0.360. The summed E-state index contributed by atoms with van der Waals surface area (Å²) < 4.78 is 0. The van der Waals surface area contributed by atoms with Crippen LogP contribution in [0.2, 0.25) is 0 Å². The summed E-state index contributed by atoms with van der Waals surface area (Å²) in [6.07, 6.45) is 9.43. The zero-order chi connectivity index (χ0) is 13.7. The van der Waals surface area contributed by atoms with Gasteiger partial charge in [0.2, 0.25) is 5.91 Å². The molecule has 3 heteroatoms. The Kier molecular flexibility index (Phi) is 5.26. The van der Waals surface area contributed by atoms with Gasteiger partial charge in [0.15, 0.2) is 0 Å². The maximum atomic E-state index is 12.7. The molecule has 1 heterocycles. The third-order valence-electron chi connectivity index (χ3n) is 5.24. The molecule has 2 N–H and O–H groups in total. The fourth-order valence-electron chi connectivity index (χ4n) is 3.91. The predicted molar refractivity (Wildman–Crippen MR) is 79.0 cm³/mol. The zero-order valence-corrected chi connectivity index (χ0v) is 12.6. The molecular formula is C16H30N2O. The first-order chi connectivity index (χ1) is 9.18. The van der Waals surface area contributed by atoms with Crippen LogP contribution in [-0.2, 0) is 4.79 Å². The second-order valence-electron chi connectivity index (χ2n) is 6.59. The maximum Gasteiger partial charge on any atom is 0.226 e. The Bertz CT molecular complexity index is 286. The fraction of sp³-hybridized carbons (Fsp3) is 0.938. The van der Waals surface area contributed by atoms with Crippen LogP contribution in [-0.4, -0.2) is 25.0 Å². The molecule has 2 aliphatic rings. The minimum Gasteiger partial charge on any atom is -0.353 e. The predicted octanol–water partition coefficient (Wildman–Crippen LogP) is 2.85. The molecule has 0 bridgehead atoms. The van der Waals surface area contributed by atoms with Crippen LogP contribution in [0.4, 0.5) is 0 Å². The van der Waals surface area contributed by atoms with Gasteiger partial charge in [0.25, 0.3) is 0 Å². The van der Waals surface area contributed by atoms with Gasteiger partial charge in [0, 0.05) is 6.04 Å². The average molecular weight is 266 g/mol. The molecule has 1 atom stereocenters. The first-order valence-electron chi connectivity index (χ1n) is 8.19. The quantitative estimate of drug-likeness (QED) is 0.803. The van der Waals surface area contributed by atoms with Crippen LogP contribution in [0.3, 0.4) is 0 Å². The molecule has 2 rings (SSSR count). The van der Waals surface area contributed by atoms with Gasteiger partial charge in [-0.05, 0) is 58.0 Å². The van der Waals surface area contributed by atoms with Gasteiger partial charge in [0.05, 0.1) is 5.41 Å². The lowest BCUT2D eigenvalue weighted by Crippen LogP contribution is -2.50. The summed E-state index contributed by atoms with van der Waals surface area (Å²) in [5.41, 5.74) is -0.0904. The largest absolute Gasteiger partial charge is 0.353 e. The molecule has 0 unspecified atom stereocenters. The molecule has 2 fully saturated rings. The second kappa shape index (κ2) is 6.74. The molecule has 19 heavy (non-hydrogen) atoms. The van der Waals surface area contributed by atoms with Crippen LogP contribution in [0.1, 0.15) is 65.2 Å². The lowest BCUT2D eigenvalue weighted by Gasteiger charge is -2.37. The van der Waals surface area contributed by atoms with E-state index in [1.165, 1.54) is 25.7 Å². The van der Waals surface area contributed by atoms with Gasteiger partial charge in [-0.15, -0.1) is 0 Å². The highest BCUT2D eigenvalue weighted by Gasteiger charge is 2.39. The maximum absolute atomic E-state index is 12.7. The smallest absolute Gasteiger partial charge is 0.226 e. The molecule has 1 aliphatic heterocycles. The Morgan fingerprint density at radius 1 is 1.32 bits per heavy atom. The van der Waals surface area contributed by atoms with Crippen molar-refractivity contribution in [2.75, 3.05) is 13.1 Å². The minimum atomic E-state index is -0.0904. The van der Waals surface area contributed by atoms with Crippen LogP contribution in [0.25, 0.3) is 0 Å². The van der Waals surface area contributed by atoms with Crippen molar-refractivity contribution in [2.24, 2.45) is 11.3 Å². The molecule has 1 saturated carbocycles. The molecule has 3 nitrogen and oxygen atoms in total. The fourth-order valence-corrected chi connectivity index (χ4v) is 3.91. The van der Waals surface area contributed by atoms with E-state index >= 15 is 0 Å². The van der Waals surface area contributed by atoms with Crippen molar-refractivity contribution < 1.29 is 4.79 Å². The van der Waals surface area contributed by atoms with E-state index < -0.39 is 0 Å². The SMILES string of the molecule is CCCC1(C(=O)N[C@H](C)C2CCCC2)CCNCC1. The Morgan fingerprint density at radius 3 is 2.53 bits per heavy atom. The van der Waals surface area contributed by atoms with Crippen LogP contribution in [0.5, 0.6) is 0 Å². The molecular weight excluding hydrogens is 236 g/mol. The number of piperidine rings is 1. The van der Waals surface area contributed by atoms with E-state index in [4.69, 9.17) is 0 Å². The summed E-state index contributed by atoms with van der Waals surface area (Å²) in [7, 11) is 0. The average Bonchev–Trinajstić information content (AvgIpc) is 2.94. The molecule has 0 radical (unpaired) electrons. The lowest BCUT2D eigenvalue weighted by molar-refractivity contribution is -0.134. The monoisotopic (exact) mass is 266 g/mol. The normalized spacial score (nSPS) is 25.2. The van der Waals surface area contributed by atoms with Gasteiger partial charge in [-0.3, -0.25) is 4.79 Å². The Morgan fingerprint density at radius 2 is 1.95 bits per heavy atom. The summed E-state index contributed by atoms with van der Waals surface area (Å²) in [4.78, 5) is 12.7. The van der Waals surface area contributed by atoms with Gasteiger partial charge in [-0.25, -0.2) is 0 Å². The van der Waals surface area contributed by atoms with Crippen molar-refractivity contribution in [1.29, 1.82) is 0 Å². The van der Waals surface area contributed by atoms with Gasteiger partial charge >= 0.3 is 0 Å². The van der Waals surface area contributed by atoms with Gasteiger partial charge < -0.3 is 10.6 Å². The second-order valence-corrected chi connectivity index (χ2v) is 6.59. The van der Waals surface area contributed by atoms with Crippen molar-refractivity contribution >= 4 is 5.91 Å². The molecule has 110 valence electrons. The highest BCUT2D eigenvalue weighted by Crippen LogP contribution is 2.35. The Labute approximate surface area is 117 Å². The molecule has 1 aliphatic carbocycles. The van der Waals surface area contributed by atoms with E-state index in [2.05, 4.69) is 24.5 Å². The summed E-state index contributed by atoms with van der Waals surface area (Å²) in [5.74, 6) is 1.04. The molecule has 1 saturated heterocycles.